The first-order valence-electron chi connectivity index (χ1n) is 6.29. The van der Waals surface area contributed by atoms with Crippen LogP contribution in [0, 0.1) is 5.82 Å². The number of hydrogen-bond donors (Lipinski definition) is 2. The number of aliphatic carboxylic acids is 1. The second-order valence-electron chi connectivity index (χ2n) is 4.67. The van der Waals surface area contributed by atoms with Crippen LogP contribution in [0.4, 0.5) is 10.1 Å². The van der Waals surface area contributed by atoms with E-state index >= 15 is 0 Å². The first-order valence-corrected chi connectivity index (χ1v) is 8.11. The fraction of sp³-hybridized carbons (Fsp3) is 0.417. The third kappa shape index (κ3) is 3.45. The van der Waals surface area contributed by atoms with Crippen molar-refractivity contribution in [2.75, 3.05) is 11.3 Å². The summed E-state index contributed by atoms with van der Waals surface area (Å²) in [5, 5.41) is 8.89. The number of hydrogen-bond acceptors (Lipinski definition) is 3. The van der Waals surface area contributed by atoms with Gasteiger partial charge in [0.05, 0.1) is 10.7 Å². The average Bonchev–Trinajstić information content (AvgIpc) is 2.44. The van der Waals surface area contributed by atoms with Crippen molar-refractivity contribution in [1.82, 2.24) is 4.31 Å². The number of carbonyl (C=O) groups is 1. The molecule has 1 heterocycles. The van der Waals surface area contributed by atoms with Gasteiger partial charge in [0.1, 0.15) is 6.04 Å². The zero-order chi connectivity index (χ0) is 15.6. The van der Waals surface area contributed by atoms with E-state index in [4.69, 9.17) is 16.7 Å². The molecule has 1 aromatic carbocycles. The summed E-state index contributed by atoms with van der Waals surface area (Å²) in [5.41, 5.74) is -0.308. The van der Waals surface area contributed by atoms with E-state index < -0.39 is 28.0 Å². The van der Waals surface area contributed by atoms with E-state index in [1.54, 1.807) is 0 Å². The van der Waals surface area contributed by atoms with E-state index in [2.05, 4.69) is 4.72 Å². The quantitative estimate of drug-likeness (QED) is 0.881. The Morgan fingerprint density at radius 1 is 1.43 bits per heavy atom. The van der Waals surface area contributed by atoms with Gasteiger partial charge in [-0.05, 0) is 31.4 Å². The van der Waals surface area contributed by atoms with Gasteiger partial charge in [-0.2, -0.15) is 12.7 Å². The van der Waals surface area contributed by atoms with Crippen molar-refractivity contribution in [3.8, 4) is 0 Å². The number of carboxylic acids is 1. The molecule has 21 heavy (non-hydrogen) atoms. The first kappa shape index (κ1) is 16.0. The molecule has 1 atom stereocenters. The third-order valence-corrected chi connectivity index (χ3v) is 5.06. The molecule has 1 unspecified atom stereocenters. The van der Waals surface area contributed by atoms with Crippen LogP contribution in [0.1, 0.15) is 19.3 Å². The number of nitrogens with one attached hydrogen (secondary N) is 1. The number of anilines is 1. The number of rotatable bonds is 4. The van der Waals surface area contributed by atoms with Crippen LogP contribution in [0.2, 0.25) is 5.02 Å². The van der Waals surface area contributed by atoms with Gasteiger partial charge in [-0.1, -0.05) is 17.7 Å². The molecule has 1 aliphatic rings. The number of piperidine rings is 1. The van der Waals surface area contributed by atoms with Gasteiger partial charge in [-0.15, -0.1) is 0 Å². The fourth-order valence-corrected chi connectivity index (χ4v) is 3.85. The lowest BCUT2D eigenvalue weighted by atomic mass is 10.1. The molecule has 0 aromatic heterocycles. The van der Waals surface area contributed by atoms with Gasteiger partial charge in [0.2, 0.25) is 0 Å². The Labute approximate surface area is 126 Å². The minimum absolute atomic E-state index is 0.0779. The zero-order valence-electron chi connectivity index (χ0n) is 10.9. The van der Waals surface area contributed by atoms with Crippen molar-refractivity contribution in [2.45, 2.75) is 25.3 Å². The molecule has 2 rings (SSSR count). The van der Waals surface area contributed by atoms with E-state index in [1.165, 1.54) is 18.2 Å². The third-order valence-electron chi connectivity index (χ3n) is 3.24. The van der Waals surface area contributed by atoms with E-state index in [-0.39, 0.29) is 23.7 Å². The van der Waals surface area contributed by atoms with Crippen LogP contribution in [0.5, 0.6) is 0 Å². The van der Waals surface area contributed by atoms with Gasteiger partial charge in [0.25, 0.3) is 0 Å². The number of benzene rings is 1. The fourth-order valence-electron chi connectivity index (χ4n) is 2.22. The lowest BCUT2D eigenvalue weighted by molar-refractivity contribution is -0.142. The number of nitrogens with zero attached hydrogens (tertiary/aromatic N) is 1. The molecule has 0 spiro atoms. The molecule has 1 saturated heterocycles. The molecule has 9 heteroatoms. The Morgan fingerprint density at radius 2 is 2.14 bits per heavy atom. The smallest absolute Gasteiger partial charge is 0.322 e. The number of carboxylic acid groups (broad SMARTS) is 1. The largest absolute Gasteiger partial charge is 0.480 e. The highest BCUT2D eigenvalue weighted by Gasteiger charge is 2.37. The standard InChI is InChI=1S/C12H14ClFN2O4S/c13-8-4-3-5-9(11(8)14)15-21(19,20)16-7-2-1-6-10(16)12(17)18/h3-5,10,15H,1-2,6-7H2,(H,17,18). The summed E-state index contributed by atoms with van der Waals surface area (Å²) in [6, 6.07) is 2.76. The second kappa shape index (κ2) is 6.17. The maximum absolute atomic E-state index is 13.8. The van der Waals surface area contributed by atoms with Crippen LogP contribution in [-0.4, -0.2) is 36.4 Å². The molecule has 0 amide bonds. The SMILES string of the molecule is O=C(O)C1CCCCN1S(=O)(=O)Nc1cccc(Cl)c1F. The highest BCUT2D eigenvalue weighted by molar-refractivity contribution is 7.90. The van der Waals surface area contributed by atoms with Gasteiger partial charge in [0.15, 0.2) is 5.82 Å². The molecule has 0 aliphatic carbocycles. The van der Waals surface area contributed by atoms with E-state index in [1.807, 2.05) is 0 Å². The Hall–Kier alpha value is -1.38. The maximum atomic E-state index is 13.8. The lowest BCUT2D eigenvalue weighted by Crippen LogP contribution is -2.50. The van der Waals surface area contributed by atoms with Gasteiger partial charge < -0.3 is 5.11 Å². The molecule has 2 N–H and O–H groups in total. The van der Waals surface area contributed by atoms with Crippen molar-refractivity contribution < 1.29 is 22.7 Å². The van der Waals surface area contributed by atoms with Crippen molar-refractivity contribution >= 4 is 33.5 Å². The van der Waals surface area contributed by atoms with Gasteiger partial charge >= 0.3 is 16.2 Å². The molecule has 1 fully saturated rings. The molecular formula is C12H14ClFN2O4S. The molecule has 0 bridgehead atoms. The van der Waals surface area contributed by atoms with Crippen molar-refractivity contribution in [2.24, 2.45) is 0 Å². The van der Waals surface area contributed by atoms with Crippen LogP contribution in [0.15, 0.2) is 18.2 Å². The Morgan fingerprint density at radius 3 is 2.81 bits per heavy atom. The molecule has 0 saturated carbocycles. The van der Waals surface area contributed by atoms with Crippen LogP contribution >= 0.6 is 11.6 Å². The first-order chi connectivity index (χ1) is 9.83. The molecule has 0 radical (unpaired) electrons. The predicted molar refractivity (Wildman–Crippen MR) is 75.9 cm³/mol. The highest BCUT2D eigenvalue weighted by Crippen LogP contribution is 2.26. The summed E-state index contributed by atoms with van der Waals surface area (Å²) in [5.74, 6) is -2.11. The summed E-state index contributed by atoms with van der Waals surface area (Å²) >= 11 is 5.59. The van der Waals surface area contributed by atoms with Gasteiger partial charge in [0, 0.05) is 6.54 Å². The van der Waals surface area contributed by atoms with Crippen molar-refractivity contribution in [1.29, 1.82) is 0 Å². The summed E-state index contributed by atoms with van der Waals surface area (Å²) in [6.45, 7) is 0.0779. The predicted octanol–water partition coefficient (Wildman–Crippen LogP) is 2.07. The highest BCUT2D eigenvalue weighted by atomic mass is 35.5. The van der Waals surface area contributed by atoms with E-state index in [9.17, 15) is 17.6 Å². The normalized spacial score (nSPS) is 20.2. The zero-order valence-corrected chi connectivity index (χ0v) is 12.5. The minimum Gasteiger partial charge on any atom is -0.480 e. The Kier molecular flexibility index (Phi) is 4.70. The second-order valence-corrected chi connectivity index (χ2v) is 6.70. The van der Waals surface area contributed by atoms with Gasteiger partial charge in [-0.3, -0.25) is 9.52 Å². The lowest BCUT2D eigenvalue weighted by Gasteiger charge is -2.31. The average molecular weight is 337 g/mol. The van der Waals surface area contributed by atoms with Crippen molar-refractivity contribution in [3.63, 3.8) is 0 Å². The Bertz CT molecular complexity index is 653. The molecule has 1 aliphatic heterocycles. The summed E-state index contributed by atoms with van der Waals surface area (Å²) in [7, 11) is -4.17. The molecule has 116 valence electrons. The summed E-state index contributed by atoms with van der Waals surface area (Å²) in [6.07, 6.45) is 1.42. The van der Waals surface area contributed by atoms with Crippen LogP contribution in [0.3, 0.4) is 0 Å². The van der Waals surface area contributed by atoms with Crippen molar-refractivity contribution in [3.05, 3.63) is 29.0 Å². The summed E-state index contributed by atoms with van der Waals surface area (Å²) < 4.78 is 41.2. The van der Waals surface area contributed by atoms with Crippen LogP contribution in [0.25, 0.3) is 0 Å². The van der Waals surface area contributed by atoms with Crippen LogP contribution < -0.4 is 4.72 Å². The molecule has 1 aromatic rings. The topological polar surface area (TPSA) is 86.7 Å². The van der Waals surface area contributed by atoms with Crippen LogP contribution in [-0.2, 0) is 15.0 Å². The van der Waals surface area contributed by atoms with Gasteiger partial charge in [-0.25, -0.2) is 4.39 Å². The monoisotopic (exact) mass is 336 g/mol. The Balaban J connectivity index is 2.28. The maximum Gasteiger partial charge on any atom is 0.322 e. The summed E-state index contributed by atoms with van der Waals surface area (Å²) in [4.78, 5) is 11.2. The molecular weight excluding hydrogens is 323 g/mol. The van der Waals surface area contributed by atoms with E-state index in [0.717, 1.165) is 4.31 Å². The number of halogens is 2. The molecule has 6 nitrogen and oxygen atoms in total. The minimum atomic E-state index is -4.17. The van der Waals surface area contributed by atoms with E-state index in [0.29, 0.717) is 12.8 Å².